The highest BCUT2D eigenvalue weighted by Crippen LogP contribution is 2.18. The van der Waals surface area contributed by atoms with E-state index in [1.807, 2.05) is 20.8 Å². The Labute approximate surface area is 116 Å². The molecule has 7 nitrogen and oxygen atoms in total. The van der Waals surface area contributed by atoms with Crippen molar-refractivity contribution in [2.24, 2.45) is 0 Å². The highest BCUT2D eigenvalue weighted by atomic mass is 32.1. The van der Waals surface area contributed by atoms with Crippen LogP contribution in [0.3, 0.4) is 0 Å². The molecule has 19 heavy (non-hydrogen) atoms. The topological polar surface area (TPSA) is 94.4 Å². The lowest BCUT2D eigenvalue weighted by Gasteiger charge is -1.97. The zero-order valence-electron chi connectivity index (χ0n) is 11.6. The van der Waals surface area contributed by atoms with Crippen LogP contribution in [0.1, 0.15) is 36.3 Å². The first-order valence-corrected chi connectivity index (χ1v) is 6.77. The van der Waals surface area contributed by atoms with Gasteiger partial charge in [-0.3, -0.25) is 4.79 Å². The molecule has 1 rings (SSSR count). The highest BCUT2D eigenvalue weighted by molar-refractivity contribution is 7.11. The van der Waals surface area contributed by atoms with Crippen LogP contribution in [-0.4, -0.2) is 22.6 Å². The van der Waals surface area contributed by atoms with E-state index in [4.69, 9.17) is 0 Å². The van der Waals surface area contributed by atoms with Gasteiger partial charge in [0.05, 0.1) is 12.2 Å². The van der Waals surface area contributed by atoms with Gasteiger partial charge in [-0.15, -0.1) is 21.5 Å². The van der Waals surface area contributed by atoms with E-state index in [1.165, 1.54) is 18.3 Å². The molecule has 0 aliphatic heterocycles. The Bertz CT molecular complexity index is 420. The monoisotopic (exact) mass is 289 g/mol. The van der Waals surface area contributed by atoms with Crippen molar-refractivity contribution < 1.29 is 14.7 Å². The van der Waals surface area contributed by atoms with Crippen molar-refractivity contribution in [3.63, 3.8) is 0 Å². The number of nitrogens with zero attached hydrogens (tertiary/aromatic N) is 2. The zero-order chi connectivity index (χ0) is 14.8. The van der Waals surface area contributed by atoms with E-state index < -0.39 is 5.09 Å². The Morgan fingerprint density at radius 1 is 1.53 bits per heavy atom. The Morgan fingerprint density at radius 2 is 2.16 bits per heavy atom. The minimum atomic E-state index is -0.811. The lowest BCUT2D eigenvalue weighted by atomic mass is 10.3. The molecule has 1 N–H and O–H groups in total. The van der Waals surface area contributed by atoms with Crippen LogP contribution in [0.2, 0.25) is 0 Å². The number of amides is 1. The molecule has 0 unspecified atom stereocenters. The Morgan fingerprint density at radius 3 is 2.68 bits per heavy atom. The van der Waals surface area contributed by atoms with Gasteiger partial charge in [0.2, 0.25) is 5.91 Å². The molecule has 0 aromatic carbocycles. The van der Waals surface area contributed by atoms with Gasteiger partial charge in [-0.2, -0.15) is 0 Å². The van der Waals surface area contributed by atoms with Gasteiger partial charge in [-0.25, -0.2) is 4.98 Å². The molecule has 0 spiro atoms. The van der Waals surface area contributed by atoms with Gasteiger partial charge in [-0.1, -0.05) is 13.8 Å². The third-order valence-corrected chi connectivity index (χ3v) is 3.17. The number of hydrogen-bond donors (Lipinski definition) is 1. The molecule has 1 amide bonds. The summed E-state index contributed by atoms with van der Waals surface area (Å²) in [7, 11) is 0. The number of thiazole rings is 1. The van der Waals surface area contributed by atoms with Gasteiger partial charge in [0, 0.05) is 18.2 Å². The summed E-state index contributed by atoms with van der Waals surface area (Å²) in [5, 5.41) is 12.6. The third kappa shape index (κ3) is 7.35. The highest BCUT2D eigenvalue weighted by Gasteiger charge is 2.08. The quantitative estimate of drug-likeness (QED) is 0.637. The molecule has 0 saturated carbocycles. The van der Waals surface area contributed by atoms with Crippen LogP contribution in [0.5, 0.6) is 0 Å². The van der Waals surface area contributed by atoms with Crippen molar-refractivity contribution in [3.8, 4) is 0 Å². The summed E-state index contributed by atoms with van der Waals surface area (Å²) in [5.41, 5.74) is 0.822. The molecular weight excluding hydrogens is 270 g/mol. The number of nitrogens with one attached hydrogen (secondary N) is 1. The Balaban J connectivity index is 0.00000154. The first-order valence-electron chi connectivity index (χ1n) is 5.96. The molecule has 0 radical (unpaired) electrons. The number of hydrogen-bond acceptors (Lipinski definition) is 6. The van der Waals surface area contributed by atoms with Crippen LogP contribution in [0, 0.1) is 17.0 Å². The maximum Gasteiger partial charge on any atom is 0.294 e. The fourth-order valence-corrected chi connectivity index (χ4v) is 2.20. The van der Waals surface area contributed by atoms with Gasteiger partial charge < -0.3 is 10.2 Å². The molecule has 0 bridgehead atoms. The molecule has 0 aliphatic rings. The van der Waals surface area contributed by atoms with Crippen molar-refractivity contribution in [2.75, 3.05) is 6.61 Å². The van der Waals surface area contributed by atoms with Gasteiger partial charge in [0.1, 0.15) is 11.6 Å². The second-order valence-electron chi connectivity index (χ2n) is 3.33. The summed E-state index contributed by atoms with van der Waals surface area (Å²) in [6, 6.07) is 0. The van der Waals surface area contributed by atoms with E-state index in [0.29, 0.717) is 13.0 Å². The van der Waals surface area contributed by atoms with Crippen LogP contribution < -0.4 is 5.32 Å². The van der Waals surface area contributed by atoms with Crippen molar-refractivity contribution in [3.05, 3.63) is 25.7 Å². The standard InChI is InChI=1S/C9H13N3O4S.C2H6/c1-6-8(3-4-16-12(14)15)17-9(11-6)5-10-7(2)13;1-2/h3-5H2,1-2H3,(H,10,13);1-2H3. The smallest absolute Gasteiger partial charge is 0.294 e. The van der Waals surface area contributed by atoms with E-state index in [-0.39, 0.29) is 12.5 Å². The molecule has 108 valence electrons. The maximum atomic E-state index is 10.7. The Hall–Kier alpha value is -1.70. The third-order valence-electron chi connectivity index (χ3n) is 1.95. The second kappa shape index (κ2) is 9.26. The van der Waals surface area contributed by atoms with Crippen LogP contribution in [-0.2, 0) is 22.6 Å². The van der Waals surface area contributed by atoms with Crippen LogP contribution >= 0.6 is 11.3 Å². The van der Waals surface area contributed by atoms with E-state index in [0.717, 1.165) is 15.6 Å². The molecule has 1 heterocycles. The van der Waals surface area contributed by atoms with Crippen LogP contribution in [0.25, 0.3) is 0 Å². The fourth-order valence-electron chi connectivity index (χ4n) is 1.21. The van der Waals surface area contributed by atoms with Crippen LogP contribution in [0.4, 0.5) is 0 Å². The average molecular weight is 289 g/mol. The molecular formula is C11H19N3O4S. The van der Waals surface area contributed by atoms with Crippen molar-refractivity contribution in [2.45, 2.75) is 40.7 Å². The van der Waals surface area contributed by atoms with Crippen LogP contribution in [0.15, 0.2) is 0 Å². The van der Waals surface area contributed by atoms with Gasteiger partial charge in [0.25, 0.3) is 5.09 Å². The second-order valence-corrected chi connectivity index (χ2v) is 4.50. The summed E-state index contributed by atoms with van der Waals surface area (Å²) in [5.74, 6) is -0.115. The normalized spacial score (nSPS) is 9.26. The summed E-state index contributed by atoms with van der Waals surface area (Å²) in [6.45, 7) is 7.67. The SMILES string of the molecule is CC.CC(=O)NCc1nc(C)c(CCO[N+](=O)[O-])s1. The van der Waals surface area contributed by atoms with E-state index in [2.05, 4.69) is 15.1 Å². The van der Waals surface area contributed by atoms with Crippen molar-refractivity contribution in [1.82, 2.24) is 10.3 Å². The molecule has 0 saturated heterocycles. The summed E-state index contributed by atoms with van der Waals surface area (Å²) >= 11 is 1.42. The lowest BCUT2D eigenvalue weighted by molar-refractivity contribution is -0.757. The van der Waals surface area contributed by atoms with Crippen molar-refractivity contribution >= 4 is 17.2 Å². The zero-order valence-corrected chi connectivity index (χ0v) is 12.4. The van der Waals surface area contributed by atoms with E-state index >= 15 is 0 Å². The summed E-state index contributed by atoms with van der Waals surface area (Å²) in [6.07, 6.45) is 0.449. The first kappa shape index (κ1) is 17.3. The van der Waals surface area contributed by atoms with Crippen molar-refractivity contribution in [1.29, 1.82) is 0 Å². The molecule has 1 aromatic rings. The molecule has 0 atom stereocenters. The van der Waals surface area contributed by atoms with Gasteiger partial charge >= 0.3 is 0 Å². The maximum absolute atomic E-state index is 10.7. The van der Waals surface area contributed by atoms with E-state index in [9.17, 15) is 14.9 Å². The summed E-state index contributed by atoms with van der Waals surface area (Å²) < 4.78 is 0. The molecule has 8 heteroatoms. The fraction of sp³-hybridized carbons (Fsp3) is 0.636. The molecule has 0 aliphatic carbocycles. The van der Waals surface area contributed by atoms with Gasteiger partial charge in [-0.05, 0) is 6.92 Å². The number of rotatable bonds is 6. The minimum absolute atomic E-state index is 0.0234. The number of carbonyl (C=O) groups is 1. The Kier molecular flexibility index (Phi) is 8.43. The molecule has 0 fully saturated rings. The van der Waals surface area contributed by atoms with Gasteiger partial charge in [0.15, 0.2) is 0 Å². The summed E-state index contributed by atoms with van der Waals surface area (Å²) in [4.78, 5) is 30.1. The minimum Gasteiger partial charge on any atom is -0.350 e. The number of carbonyl (C=O) groups excluding carboxylic acids is 1. The largest absolute Gasteiger partial charge is 0.350 e. The predicted octanol–water partition coefficient (Wildman–Crippen LogP) is 1.86. The van der Waals surface area contributed by atoms with E-state index in [1.54, 1.807) is 0 Å². The molecule has 1 aromatic heterocycles. The number of aromatic nitrogens is 1. The first-order chi connectivity index (χ1) is 8.99. The lowest BCUT2D eigenvalue weighted by Crippen LogP contribution is -2.18. The number of aryl methyl sites for hydroxylation is 1. The predicted molar refractivity (Wildman–Crippen MR) is 72.4 cm³/mol. The average Bonchev–Trinajstić information content (AvgIpc) is 2.70.